The summed E-state index contributed by atoms with van der Waals surface area (Å²) < 4.78 is 15.7. The number of aliphatic hydroxyl groups excluding tert-OH is 2. The second-order valence-electron chi connectivity index (χ2n) is 10.2. The Morgan fingerprint density at radius 2 is 0.972 bits per heavy atom. The van der Waals surface area contributed by atoms with Gasteiger partial charge in [0.25, 0.3) is 0 Å². The summed E-state index contributed by atoms with van der Waals surface area (Å²) in [5.41, 5.74) is 0. The predicted octanol–water partition coefficient (Wildman–Crippen LogP) is 5.25. The Kier molecular flexibility index (Phi) is 21.5. The number of hydrogen-bond acceptors (Lipinski definition) is 8. The van der Waals surface area contributed by atoms with Gasteiger partial charge in [0.1, 0.15) is 18.3 Å². The van der Waals surface area contributed by atoms with Crippen LogP contribution in [0.3, 0.4) is 0 Å². The molecule has 0 aliphatic heterocycles. The molecule has 0 radical (unpaired) electrons. The van der Waals surface area contributed by atoms with E-state index in [0.29, 0.717) is 12.8 Å². The van der Waals surface area contributed by atoms with Crippen molar-refractivity contribution in [1.82, 2.24) is 0 Å². The predicted molar refractivity (Wildman–Crippen MR) is 139 cm³/mol. The molecule has 0 saturated carbocycles. The van der Waals surface area contributed by atoms with Crippen molar-refractivity contribution in [3.05, 3.63) is 0 Å². The van der Waals surface area contributed by atoms with Crippen LogP contribution in [0, 0.1) is 5.92 Å². The van der Waals surface area contributed by atoms with Gasteiger partial charge in [0.15, 0.2) is 0 Å². The number of aliphatic hydroxyl groups is 2. The molecule has 8 heteroatoms. The molecule has 0 bridgehead atoms. The Labute approximate surface area is 218 Å². The molecule has 0 amide bonds. The molecule has 0 aromatic heterocycles. The summed E-state index contributed by atoms with van der Waals surface area (Å²) >= 11 is 0. The van der Waals surface area contributed by atoms with Crippen molar-refractivity contribution in [2.45, 2.75) is 142 Å². The van der Waals surface area contributed by atoms with Crippen LogP contribution in [0.2, 0.25) is 0 Å². The molecule has 0 unspecified atom stereocenters. The Bertz CT molecular complexity index is 574. The SMILES string of the molecule is CC(=O)O[C@@H](CCCCCCCCCCCCC(C)C)CC[C@H](CC(=O)OC(CO)CO)OC(C)=O. The van der Waals surface area contributed by atoms with Crippen LogP contribution in [-0.2, 0) is 28.6 Å². The van der Waals surface area contributed by atoms with Crippen molar-refractivity contribution in [2.24, 2.45) is 5.92 Å². The first-order valence-electron chi connectivity index (χ1n) is 13.9. The Balaban J connectivity index is 4.26. The zero-order valence-corrected chi connectivity index (χ0v) is 23.2. The summed E-state index contributed by atoms with van der Waals surface area (Å²) in [6.07, 6.45) is 13.0. The summed E-state index contributed by atoms with van der Waals surface area (Å²) in [7, 11) is 0. The van der Waals surface area contributed by atoms with Gasteiger partial charge in [-0.2, -0.15) is 0 Å². The zero-order chi connectivity index (χ0) is 27.2. The maximum atomic E-state index is 12.1. The van der Waals surface area contributed by atoms with Gasteiger partial charge in [-0.1, -0.05) is 78.1 Å². The molecule has 0 aliphatic carbocycles. The molecule has 0 spiro atoms. The summed E-state index contributed by atoms with van der Waals surface area (Å²) in [5, 5.41) is 18.1. The maximum absolute atomic E-state index is 12.1. The van der Waals surface area contributed by atoms with E-state index in [9.17, 15) is 14.4 Å². The molecule has 0 aliphatic rings. The van der Waals surface area contributed by atoms with E-state index in [4.69, 9.17) is 24.4 Å². The quantitative estimate of drug-likeness (QED) is 0.107. The lowest BCUT2D eigenvalue weighted by Crippen LogP contribution is -2.29. The Morgan fingerprint density at radius 3 is 1.42 bits per heavy atom. The van der Waals surface area contributed by atoms with E-state index in [0.717, 1.165) is 25.2 Å². The first-order valence-corrected chi connectivity index (χ1v) is 13.9. The summed E-state index contributed by atoms with van der Waals surface area (Å²) in [4.78, 5) is 35.1. The van der Waals surface area contributed by atoms with Crippen LogP contribution in [0.15, 0.2) is 0 Å². The first kappa shape index (κ1) is 34.3. The van der Waals surface area contributed by atoms with E-state index in [1.54, 1.807) is 0 Å². The fraction of sp³-hybridized carbons (Fsp3) is 0.893. The standard InChI is InChI=1S/C28H52O8/c1-22(2)15-13-11-9-7-5-6-8-10-12-14-16-25(34-23(3)31)17-18-26(35-24(4)32)19-28(33)36-27(20-29)21-30/h22,25-27,29-30H,5-21H2,1-4H3/t25-,26+/m0/s1. The maximum Gasteiger partial charge on any atom is 0.309 e. The molecule has 2 atom stereocenters. The summed E-state index contributed by atoms with van der Waals surface area (Å²) in [5.74, 6) is -0.741. The fourth-order valence-corrected chi connectivity index (χ4v) is 4.20. The van der Waals surface area contributed by atoms with Crippen LogP contribution >= 0.6 is 0 Å². The Morgan fingerprint density at radius 1 is 0.556 bits per heavy atom. The van der Waals surface area contributed by atoms with Crippen molar-refractivity contribution < 1.29 is 38.8 Å². The molecule has 0 rings (SSSR count). The molecule has 0 fully saturated rings. The molecular weight excluding hydrogens is 464 g/mol. The molecule has 36 heavy (non-hydrogen) atoms. The summed E-state index contributed by atoms with van der Waals surface area (Å²) in [6, 6.07) is 0. The van der Waals surface area contributed by atoms with Gasteiger partial charge in [0.05, 0.1) is 19.6 Å². The van der Waals surface area contributed by atoms with Gasteiger partial charge in [-0.3, -0.25) is 14.4 Å². The normalized spacial score (nSPS) is 13.0. The summed E-state index contributed by atoms with van der Waals surface area (Å²) in [6.45, 7) is 6.21. The van der Waals surface area contributed by atoms with Crippen LogP contribution in [0.1, 0.15) is 124 Å². The third-order valence-corrected chi connectivity index (χ3v) is 6.13. The van der Waals surface area contributed by atoms with Crippen molar-refractivity contribution in [1.29, 1.82) is 0 Å². The average Bonchev–Trinajstić information content (AvgIpc) is 2.80. The van der Waals surface area contributed by atoms with Gasteiger partial charge in [0, 0.05) is 13.8 Å². The van der Waals surface area contributed by atoms with Gasteiger partial charge in [-0.25, -0.2) is 0 Å². The third-order valence-electron chi connectivity index (χ3n) is 6.13. The molecule has 212 valence electrons. The largest absolute Gasteiger partial charge is 0.463 e. The second kappa shape index (κ2) is 22.5. The lowest BCUT2D eigenvalue weighted by Gasteiger charge is -2.22. The minimum atomic E-state index is -1.00. The smallest absolute Gasteiger partial charge is 0.309 e. The van der Waals surface area contributed by atoms with E-state index in [1.165, 1.54) is 71.6 Å². The number of esters is 3. The molecular formula is C28H52O8. The number of hydrogen-bond donors (Lipinski definition) is 2. The molecule has 0 heterocycles. The number of ether oxygens (including phenoxy) is 3. The third kappa shape index (κ3) is 21.6. The van der Waals surface area contributed by atoms with Gasteiger partial charge in [0.2, 0.25) is 0 Å². The molecule has 0 saturated heterocycles. The van der Waals surface area contributed by atoms with E-state index in [2.05, 4.69) is 13.8 Å². The van der Waals surface area contributed by atoms with Crippen LogP contribution in [0.25, 0.3) is 0 Å². The van der Waals surface area contributed by atoms with Gasteiger partial charge in [-0.15, -0.1) is 0 Å². The number of carbonyl (C=O) groups excluding carboxylic acids is 3. The van der Waals surface area contributed by atoms with Crippen molar-refractivity contribution >= 4 is 17.9 Å². The number of rotatable bonds is 23. The van der Waals surface area contributed by atoms with E-state index >= 15 is 0 Å². The molecule has 0 aromatic rings. The van der Waals surface area contributed by atoms with Crippen molar-refractivity contribution in [3.8, 4) is 0 Å². The second-order valence-corrected chi connectivity index (χ2v) is 10.2. The van der Waals surface area contributed by atoms with Crippen LogP contribution in [0.5, 0.6) is 0 Å². The number of unbranched alkanes of at least 4 members (excludes halogenated alkanes) is 9. The number of carbonyl (C=O) groups is 3. The Hall–Kier alpha value is -1.67. The lowest BCUT2D eigenvalue weighted by molar-refractivity contribution is -0.161. The van der Waals surface area contributed by atoms with E-state index < -0.39 is 37.4 Å². The highest BCUT2D eigenvalue weighted by atomic mass is 16.6. The van der Waals surface area contributed by atoms with E-state index in [1.807, 2.05) is 0 Å². The van der Waals surface area contributed by atoms with Gasteiger partial charge >= 0.3 is 17.9 Å². The molecule has 8 nitrogen and oxygen atoms in total. The highest BCUT2D eigenvalue weighted by Gasteiger charge is 2.23. The fourth-order valence-electron chi connectivity index (χ4n) is 4.20. The zero-order valence-electron chi connectivity index (χ0n) is 23.2. The first-order chi connectivity index (χ1) is 17.2. The van der Waals surface area contributed by atoms with Crippen molar-refractivity contribution in [2.75, 3.05) is 13.2 Å². The van der Waals surface area contributed by atoms with Gasteiger partial charge in [-0.05, 0) is 31.6 Å². The van der Waals surface area contributed by atoms with Gasteiger partial charge < -0.3 is 24.4 Å². The topological polar surface area (TPSA) is 119 Å². The molecule has 0 aromatic carbocycles. The molecule has 2 N–H and O–H groups in total. The van der Waals surface area contributed by atoms with Crippen LogP contribution in [0.4, 0.5) is 0 Å². The van der Waals surface area contributed by atoms with Crippen molar-refractivity contribution in [3.63, 3.8) is 0 Å². The van der Waals surface area contributed by atoms with Crippen LogP contribution in [-0.4, -0.2) is 59.6 Å². The van der Waals surface area contributed by atoms with E-state index in [-0.39, 0.29) is 18.5 Å². The minimum Gasteiger partial charge on any atom is -0.463 e. The monoisotopic (exact) mass is 516 g/mol. The minimum absolute atomic E-state index is 0.194. The highest BCUT2D eigenvalue weighted by molar-refractivity contribution is 5.71. The highest BCUT2D eigenvalue weighted by Crippen LogP contribution is 2.19. The lowest BCUT2D eigenvalue weighted by atomic mass is 10.0. The average molecular weight is 517 g/mol. The van der Waals surface area contributed by atoms with Crippen LogP contribution < -0.4 is 0 Å².